The summed E-state index contributed by atoms with van der Waals surface area (Å²) >= 11 is 0. The molecule has 11 heavy (non-hydrogen) atoms. The summed E-state index contributed by atoms with van der Waals surface area (Å²) in [5, 5.41) is 3.43. The fourth-order valence-corrected chi connectivity index (χ4v) is 0.729. The van der Waals surface area contributed by atoms with Crippen LogP contribution in [0.4, 0.5) is 5.69 Å². The Balaban J connectivity index is 2.99. The van der Waals surface area contributed by atoms with Gasteiger partial charge in [0.05, 0.1) is 0 Å². The van der Waals surface area contributed by atoms with Gasteiger partial charge in [0.25, 0.3) is 0 Å². The highest BCUT2D eigenvalue weighted by molar-refractivity contribution is 5.51. The Kier molecular flexibility index (Phi) is 2.31. The van der Waals surface area contributed by atoms with E-state index in [0.717, 1.165) is 5.56 Å². The molecule has 0 aliphatic heterocycles. The summed E-state index contributed by atoms with van der Waals surface area (Å²) in [7, 11) is 0. The highest BCUT2D eigenvalue weighted by Crippen LogP contribution is 2.13. The van der Waals surface area contributed by atoms with Crippen molar-refractivity contribution in [3.05, 3.63) is 46.9 Å². The fraction of sp³-hybridized carbons (Fsp3) is 0. The second kappa shape index (κ2) is 3.44. The summed E-state index contributed by atoms with van der Waals surface area (Å²) < 4.78 is 0. The zero-order valence-corrected chi connectivity index (χ0v) is 5.94. The second-order valence-corrected chi connectivity index (χ2v) is 1.99. The molecule has 3 nitrogen and oxygen atoms in total. The number of rotatable bonds is 2. The van der Waals surface area contributed by atoms with E-state index in [-0.39, 0.29) is 0 Å². The average molecular weight is 145 g/mol. The molecule has 3 heteroatoms. The van der Waals surface area contributed by atoms with Gasteiger partial charge in [-0.05, 0) is 11.1 Å². The summed E-state index contributed by atoms with van der Waals surface area (Å²) in [5.74, 6) is 0. The first-order valence-electron chi connectivity index (χ1n) is 3.14. The summed E-state index contributed by atoms with van der Waals surface area (Å²) in [6.07, 6.45) is 1.74. The van der Waals surface area contributed by atoms with E-state index < -0.39 is 0 Å². The van der Waals surface area contributed by atoms with Crippen molar-refractivity contribution in [1.82, 2.24) is 0 Å². The predicted molar refractivity (Wildman–Crippen MR) is 45.3 cm³/mol. The monoisotopic (exact) mass is 145 g/mol. The van der Waals surface area contributed by atoms with E-state index in [1.165, 1.54) is 0 Å². The molecule has 0 fully saturated rings. The number of hydrogen-bond donors (Lipinski definition) is 0. The largest absolute Gasteiger partial charge is 0.0985 e. The van der Waals surface area contributed by atoms with Gasteiger partial charge in [-0.2, -0.15) is 0 Å². The third-order valence-electron chi connectivity index (χ3n) is 1.29. The number of benzene rings is 1. The van der Waals surface area contributed by atoms with Gasteiger partial charge in [0.2, 0.25) is 0 Å². The molecule has 0 saturated heterocycles. The van der Waals surface area contributed by atoms with Gasteiger partial charge in [-0.3, -0.25) is 0 Å². The quantitative estimate of drug-likeness (QED) is 0.348. The Morgan fingerprint density at radius 1 is 1.36 bits per heavy atom. The van der Waals surface area contributed by atoms with E-state index in [1.54, 1.807) is 18.2 Å². The van der Waals surface area contributed by atoms with Crippen LogP contribution < -0.4 is 0 Å². The van der Waals surface area contributed by atoms with E-state index in [4.69, 9.17) is 5.53 Å². The zero-order valence-electron chi connectivity index (χ0n) is 5.94. The zero-order chi connectivity index (χ0) is 8.10. The Morgan fingerprint density at radius 3 is 2.45 bits per heavy atom. The lowest BCUT2D eigenvalue weighted by atomic mass is 10.2. The number of nitrogens with zero attached hydrogens (tertiary/aromatic N) is 3. The van der Waals surface area contributed by atoms with Crippen molar-refractivity contribution < 1.29 is 0 Å². The van der Waals surface area contributed by atoms with Gasteiger partial charge in [-0.15, -0.1) is 0 Å². The van der Waals surface area contributed by atoms with Crippen molar-refractivity contribution >= 4 is 11.8 Å². The second-order valence-electron chi connectivity index (χ2n) is 1.99. The lowest BCUT2D eigenvalue weighted by Gasteiger charge is -1.91. The first kappa shape index (κ1) is 7.38. The van der Waals surface area contributed by atoms with Crippen LogP contribution in [0.1, 0.15) is 5.56 Å². The molecule has 0 aromatic heterocycles. The highest BCUT2D eigenvalue weighted by Gasteiger charge is 1.86. The van der Waals surface area contributed by atoms with Gasteiger partial charge in [-0.1, -0.05) is 42.0 Å². The molecule has 1 aromatic rings. The van der Waals surface area contributed by atoms with Crippen LogP contribution in [0, 0.1) is 0 Å². The smallest absolute Gasteiger partial charge is 0.0375 e. The first-order chi connectivity index (χ1) is 5.36. The van der Waals surface area contributed by atoms with Crippen LogP contribution in [-0.4, -0.2) is 0 Å². The maximum absolute atomic E-state index is 8.08. The minimum absolute atomic E-state index is 0.623. The number of azide groups is 1. The predicted octanol–water partition coefficient (Wildman–Crippen LogP) is 3.27. The fourth-order valence-electron chi connectivity index (χ4n) is 0.729. The van der Waals surface area contributed by atoms with E-state index in [2.05, 4.69) is 16.6 Å². The molecule has 0 bridgehead atoms. The van der Waals surface area contributed by atoms with Crippen LogP contribution in [0.2, 0.25) is 0 Å². The summed E-state index contributed by atoms with van der Waals surface area (Å²) in [6, 6.07) is 7.18. The molecule has 1 rings (SSSR count). The molecule has 0 aliphatic rings. The van der Waals surface area contributed by atoms with Crippen LogP contribution in [0.15, 0.2) is 36.0 Å². The van der Waals surface area contributed by atoms with Gasteiger partial charge in [0.1, 0.15) is 0 Å². The Hall–Kier alpha value is -1.73. The Labute approximate surface area is 64.6 Å². The van der Waals surface area contributed by atoms with Crippen LogP contribution >= 0.6 is 0 Å². The Morgan fingerprint density at radius 2 is 2.00 bits per heavy atom. The van der Waals surface area contributed by atoms with Crippen LogP contribution in [0.5, 0.6) is 0 Å². The van der Waals surface area contributed by atoms with Crippen LogP contribution in [0.3, 0.4) is 0 Å². The van der Waals surface area contributed by atoms with Gasteiger partial charge in [0.15, 0.2) is 0 Å². The lowest BCUT2D eigenvalue weighted by Crippen LogP contribution is -1.67. The van der Waals surface area contributed by atoms with E-state index in [1.807, 2.05) is 12.1 Å². The van der Waals surface area contributed by atoms with Crippen molar-refractivity contribution in [2.24, 2.45) is 5.11 Å². The molecule has 0 spiro atoms. The summed E-state index contributed by atoms with van der Waals surface area (Å²) in [6.45, 7) is 3.60. The standard InChI is InChI=1S/C8H7N3/c1-2-7-3-5-8(6-4-7)10-11-9/h2-6H,1H2. The normalized spacial score (nSPS) is 8.36. The lowest BCUT2D eigenvalue weighted by molar-refractivity contribution is 1.47. The SMILES string of the molecule is C=Cc1ccc(N=[N+]=[N-])cc1. The molecule has 0 atom stereocenters. The topological polar surface area (TPSA) is 48.8 Å². The van der Waals surface area contributed by atoms with E-state index in [9.17, 15) is 0 Å². The minimum atomic E-state index is 0.623. The van der Waals surface area contributed by atoms with Crippen LogP contribution in [-0.2, 0) is 0 Å². The van der Waals surface area contributed by atoms with Crippen molar-refractivity contribution in [3.63, 3.8) is 0 Å². The van der Waals surface area contributed by atoms with Crippen molar-refractivity contribution in [2.75, 3.05) is 0 Å². The molecular formula is C8H7N3. The maximum atomic E-state index is 8.08. The van der Waals surface area contributed by atoms with Gasteiger partial charge in [-0.25, -0.2) is 0 Å². The van der Waals surface area contributed by atoms with Gasteiger partial charge in [0, 0.05) is 10.6 Å². The molecule has 54 valence electrons. The Bertz CT molecular complexity index is 294. The van der Waals surface area contributed by atoms with E-state index in [0.29, 0.717) is 5.69 Å². The van der Waals surface area contributed by atoms with Gasteiger partial charge < -0.3 is 0 Å². The first-order valence-corrected chi connectivity index (χ1v) is 3.14. The molecule has 0 N–H and O–H groups in total. The average Bonchev–Trinajstić information content (AvgIpc) is 2.07. The molecule has 0 radical (unpaired) electrons. The number of hydrogen-bond acceptors (Lipinski definition) is 1. The molecule has 0 saturated carbocycles. The van der Waals surface area contributed by atoms with Crippen LogP contribution in [0.25, 0.3) is 16.5 Å². The minimum Gasteiger partial charge on any atom is -0.0985 e. The third kappa shape index (κ3) is 1.85. The molecule has 1 aromatic carbocycles. The highest BCUT2D eigenvalue weighted by atomic mass is 15.1. The van der Waals surface area contributed by atoms with Crippen molar-refractivity contribution in [1.29, 1.82) is 0 Å². The van der Waals surface area contributed by atoms with E-state index >= 15 is 0 Å². The molecule has 0 aliphatic carbocycles. The maximum Gasteiger partial charge on any atom is 0.0375 e. The molecular weight excluding hydrogens is 138 g/mol. The van der Waals surface area contributed by atoms with Gasteiger partial charge >= 0.3 is 0 Å². The molecule has 0 unspecified atom stereocenters. The molecule has 0 amide bonds. The van der Waals surface area contributed by atoms with Crippen molar-refractivity contribution in [2.45, 2.75) is 0 Å². The van der Waals surface area contributed by atoms with Crippen molar-refractivity contribution in [3.8, 4) is 0 Å². The summed E-state index contributed by atoms with van der Waals surface area (Å²) in [5.41, 5.74) is 9.72. The summed E-state index contributed by atoms with van der Waals surface area (Å²) in [4.78, 5) is 2.66. The molecule has 0 heterocycles. The third-order valence-corrected chi connectivity index (χ3v) is 1.29.